The molecule has 4 rings (SSSR count). The first kappa shape index (κ1) is 47.6. The van der Waals surface area contributed by atoms with E-state index in [9.17, 15) is 25.2 Å². The van der Waals surface area contributed by atoms with Gasteiger partial charge in [-0.1, -0.05) is 27.7 Å². The number of fused-ring (bicyclic) bond motifs is 2. The zero-order valence-electron chi connectivity index (χ0n) is 35.7. The SMILES string of the molecule is CCC1OC(=O)[C@H](C)C(O[C@H]2C[C@@](C)(OC)[C@@H](O)[C@H](C)O2)[C@H](C)[C@@H](O[C@@H]2O[C@H](C)C[C@H](N)[C@H]2O)[C@](C)(O)C[C@@H](C)[C@@H]2N[C@@H](COCCOC)O[C@H]([C@H]2C)[C@]1(C)O. The summed E-state index contributed by atoms with van der Waals surface area (Å²) in [4.78, 5) is 14.4. The van der Waals surface area contributed by atoms with Crippen LogP contribution in [0.3, 0.4) is 0 Å². The molecule has 328 valence electrons. The maximum Gasteiger partial charge on any atom is 0.311 e. The van der Waals surface area contributed by atoms with Crippen LogP contribution in [0, 0.1) is 23.7 Å². The second kappa shape index (κ2) is 19.5. The van der Waals surface area contributed by atoms with Crippen LogP contribution in [0.5, 0.6) is 0 Å². The molecule has 0 aromatic rings. The average molecular weight is 807 g/mol. The first-order valence-corrected chi connectivity index (χ1v) is 20.5. The Morgan fingerprint density at radius 2 is 1.61 bits per heavy atom. The van der Waals surface area contributed by atoms with Gasteiger partial charge in [-0.15, -0.1) is 0 Å². The van der Waals surface area contributed by atoms with Crippen molar-refractivity contribution in [3.05, 3.63) is 0 Å². The molecule has 0 aliphatic carbocycles. The normalized spacial score (nSPS) is 49.9. The molecule has 16 nitrogen and oxygen atoms in total. The van der Waals surface area contributed by atoms with Gasteiger partial charge in [0, 0.05) is 44.6 Å². The van der Waals surface area contributed by atoms with Crippen LogP contribution in [0.4, 0.5) is 0 Å². The maximum atomic E-state index is 14.4. The smallest absolute Gasteiger partial charge is 0.311 e. The number of ether oxygens (including phenoxy) is 9. The molecule has 4 fully saturated rings. The molecule has 4 aliphatic rings. The second-order valence-corrected chi connectivity index (χ2v) is 17.7. The van der Waals surface area contributed by atoms with Gasteiger partial charge in [0.25, 0.3) is 0 Å². The highest BCUT2D eigenvalue weighted by Crippen LogP contribution is 2.42. The van der Waals surface area contributed by atoms with E-state index < -0.39 is 102 Å². The van der Waals surface area contributed by atoms with Crippen LogP contribution in [0.1, 0.15) is 94.9 Å². The van der Waals surface area contributed by atoms with Gasteiger partial charge in [0.15, 0.2) is 12.6 Å². The van der Waals surface area contributed by atoms with Crippen molar-refractivity contribution in [2.45, 2.75) is 191 Å². The molecule has 4 aliphatic heterocycles. The van der Waals surface area contributed by atoms with Crippen LogP contribution in [0.15, 0.2) is 0 Å². The summed E-state index contributed by atoms with van der Waals surface area (Å²) < 4.78 is 55.2. The molecule has 7 N–H and O–H groups in total. The van der Waals surface area contributed by atoms with E-state index in [4.69, 9.17) is 48.4 Å². The Balaban J connectivity index is 1.82. The Morgan fingerprint density at radius 1 is 0.929 bits per heavy atom. The number of nitrogens with two attached hydrogens (primary N) is 1. The molecule has 0 spiro atoms. The molecule has 0 amide bonds. The minimum Gasteiger partial charge on any atom is -0.459 e. The summed E-state index contributed by atoms with van der Waals surface area (Å²) in [6.07, 6.45) is -8.85. The van der Waals surface area contributed by atoms with Gasteiger partial charge in [-0.3, -0.25) is 10.1 Å². The van der Waals surface area contributed by atoms with Crippen LogP contribution in [-0.4, -0.2) is 157 Å². The summed E-state index contributed by atoms with van der Waals surface area (Å²) in [5.41, 5.74) is 2.03. The Kier molecular flexibility index (Phi) is 16.6. The van der Waals surface area contributed by atoms with Gasteiger partial charge in [-0.25, -0.2) is 0 Å². The average Bonchev–Trinajstić information content (AvgIpc) is 3.13. The first-order chi connectivity index (χ1) is 26.1. The van der Waals surface area contributed by atoms with Crippen LogP contribution in [-0.2, 0) is 47.4 Å². The molecule has 56 heavy (non-hydrogen) atoms. The lowest BCUT2D eigenvalue weighted by Crippen LogP contribution is -2.67. The number of cyclic esters (lactones) is 1. The Bertz CT molecular complexity index is 1250. The molecule has 2 bridgehead atoms. The third-order valence-corrected chi connectivity index (χ3v) is 12.9. The summed E-state index contributed by atoms with van der Waals surface area (Å²) in [7, 11) is 3.10. The van der Waals surface area contributed by atoms with E-state index in [1.54, 1.807) is 41.7 Å². The number of carbonyl (C=O) groups excluding carboxylic acids is 1. The van der Waals surface area contributed by atoms with Crippen molar-refractivity contribution in [2.24, 2.45) is 29.4 Å². The van der Waals surface area contributed by atoms with Crippen molar-refractivity contribution in [2.75, 3.05) is 34.0 Å². The van der Waals surface area contributed by atoms with Crippen molar-refractivity contribution in [3.8, 4) is 0 Å². The van der Waals surface area contributed by atoms with Crippen LogP contribution in [0.25, 0.3) is 0 Å². The maximum absolute atomic E-state index is 14.4. The summed E-state index contributed by atoms with van der Waals surface area (Å²) in [6, 6.07) is -0.954. The topological polar surface area (TPSA) is 219 Å². The number of nitrogens with one attached hydrogen (secondary N) is 1. The molecule has 4 heterocycles. The third kappa shape index (κ3) is 10.6. The number of esters is 1. The molecule has 4 saturated heterocycles. The minimum absolute atomic E-state index is 0.128. The van der Waals surface area contributed by atoms with Gasteiger partial charge in [0.1, 0.15) is 30.1 Å². The molecular formula is C40H74N2O14. The van der Waals surface area contributed by atoms with Crippen molar-refractivity contribution in [1.29, 1.82) is 0 Å². The van der Waals surface area contributed by atoms with Crippen LogP contribution >= 0.6 is 0 Å². The molecule has 0 saturated carbocycles. The first-order valence-electron chi connectivity index (χ1n) is 20.5. The molecule has 16 heteroatoms. The number of carbonyl (C=O) groups is 1. The highest BCUT2D eigenvalue weighted by molar-refractivity contribution is 5.73. The summed E-state index contributed by atoms with van der Waals surface area (Å²) in [5.74, 6) is -3.02. The number of hydrogen-bond donors (Lipinski definition) is 6. The van der Waals surface area contributed by atoms with E-state index in [0.717, 1.165) is 0 Å². The minimum atomic E-state index is -1.64. The molecule has 0 aromatic heterocycles. The molecular weight excluding hydrogens is 732 g/mol. The van der Waals surface area contributed by atoms with Crippen LogP contribution in [0.2, 0.25) is 0 Å². The van der Waals surface area contributed by atoms with Gasteiger partial charge in [-0.05, 0) is 66.7 Å². The lowest BCUT2D eigenvalue weighted by molar-refractivity contribution is -0.316. The fourth-order valence-corrected chi connectivity index (χ4v) is 9.57. The predicted molar refractivity (Wildman–Crippen MR) is 204 cm³/mol. The molecule has 0 radical (unpaired) electrons. The number of aliphatic hydroxyl groups excluding tert-OH is 2. The Hall–Kier alpha value is -1.09. The van der Waals surface area contributed by atoms with Gasteiger partial charge in [0.05, 0.1) is 67.5 Å². The molecule has 2 unspecified atom stereocenters. The second-order valence-electron chi connectivity index (χ2n) is 17.7. The fraction of sp³-hybridized carbons (Fsp3) is 0.975. The monoisotopic (exact) mass is 807 g/mol. The van der Waals surface area contributed by atoms with Crippen molar-refractivity contribution in [1.82, 2.24) is 5.32 Å². The summed E-state index contributed by atoms with van der Waals surface area (Å²) >= 11 is 0. The zero-order chi connectivity index (χ0) is 41.9. The van der Waals surface area contributed by atoms with E-state index in [-0.39, 0.29) is 49.9 Å². The van der Waals surface area contributed by atoms with E-state index in [0.29, 0.717) is 19.6 Å². The van der Waals surface area contributed by atoms with Crippen molar-refractivity contribution in [3.63, 3.8) is 0 Å². The fourth-order valence-electron chi connectivity index (χ4n) is 9.57. The number of methoxy groups -OCH3 is 2. The zero-order valence-corrected chi connectivity index (χ0v) is 35.7. The van der Waals surface area contributed by atoms with Gasteiger partial charge in [-0.2, -0.15) is 0 Å². The molecule has 0 aromatic carbocycles. The van der Waals surface area contributed by atoms with Gasteiger partial charge < -0.3 is 68.8 Å². The van der Waals surface area contributed by atoms with E-state index in [1.165, 1.54) is 7.11 Å². The molecule has 20 atom stereocenters. The quantitative estimate of drug-likeness (QED) is 0.129. The summed E-state index contributed by atoms with van der Waals surface area (Å²) in [6.45, 7) is 18.8. The highest BCUT2D eigenvalue weighted by Gasteiger charge is 2.55. The summed E-state index contributed by atoms with van der Waals surface area (Å²) in [5, 5.41) is 50.9. The van der Waals surface area contributed by atoms with Crippen LogP contribution < -0.4 is 11.1 Å². The lowest BCUT2D eigenvalue weighted by atomic mass is 9.71. The number of rotatable bonds is 11. The Labute approximate surface area is 333 Å². The lowest BCUT2D eigenvalue weighted by Gasteiger charge is -2.52. The standard InChI is InChI=1S/C40H74N2O14/c1-13-27-40(10,47)35-22(4)30(42-28(54-35)19-50-15-14-48-11)20(2)17-38(8,46)34(56-37-31(43)26(41)16-21(3)51-37)23(5)32(24(6)36(45)53-27)55-29-18-39(9,49-12)33(44)25(7)52-29/h20-35,37,42-44,46-47H,13-19,41H2,1-12H3/t20-,21-,22+,23+,24-,25+,26+,27?,28-,29+,30+,31-,32?,33+,34-,35-,37+,38-,39-,40-/m1/s1. The van der Waals surface area contributed by atoms with Crippen molar-refractivity contribution < 1.29 is 67.9 Å². The predicted octanol–water partition coefficient (Wildman–Crippen LogP) is 1.60. The largest absolute Gasteiger partial charge is 0.459 e. The van der Waals surface area contributed by atoms with Gasteiger partial charge >= 0.3 is 5.97 Å². The van der Waals surface area contributed by atoms with Gasteiger partial charge in [0.2, 0.25) is 0 Å². The Morgan fingerprint density at radius 3 is 2.23 bits per heavy atom. The third-order valence-electron chi connectivity index (χ3n) is 12.9. The van der Waals surface area contributed by atoms with Crippen molar-refractivity contribution >= 4 is 5.97 Å². The van der Waals surface area contributed by atoms with E-state index in [1.807, 2.05) is 34.6 Å². The number of hydrogen-bond acceptors (Lipinski definition) is 16. The number of aliphatic hydroxyl groups is 4. The van der Waals surface area contributed by atoms with E-state index in [2.05, 4.69) is 5.32 Å². The highest BCUT2D eigenvalue weighted by atomic mass is 16.7. The van der Waals surface area contributed by atoms with E-state index >= 15 is 0 Å².